The molecule has 0 radical (unpaired) electrons. The SMILES string of the molecule is Cc1ccc(-c2ccc(C)c(C)c2)cc1C.Cc1ccc(C(C)(C)c2ccc(C)c(C)c2)cc1C.Cc1ccc(C(c2ccc(C)c(C)c2)(C(F)(F)F)C(F)(F)F)cc1C.Cc1ccc(Oc2ccc(C)c(C)c2)cc1C.Cc1ccc(S(=O)(=O)c2ccc(C)c(C)c2)cc1C. The van der Waals surface area contributed by atoms with E-state index in [9.17, 15) is 34.8 Å². The van der Waals surface area contributed by atoms with Crippen LogP contribution in [0.1, 0.15) is 147 Å². The van der Waals surface area contributed by atoms with Crippen LogP contribution in [0.2, 0.25) is 0 Å². The molecule has 10 heteroatoms. The number of hydrogen-bond donors (Lipinski definition) is 0. The molecule has 0 N–H and O–H groups in total. The zero-order chi connectivity index (χ0) is 71.7. The molecule has 506 valence electrons. The Morgan fingerprint density at radius 1 is 0.250 bits per heavy atom. The zero-order valence-corrected chi connectivity index (χ0v) is 61.0. The summed E-state index contributed by atoms with van der Waals surface area (Å²) < 4.78 is 115. The van der Waals surface area contributed by atoms with Crippen LogP contribution in [-0.2, 0) is 20.7 Å². The van der Waals surface area contributed by atoms with E-state index in [1.54, 1.807) is 38.1 Å². The van der Waals surface area contributed by atoms with Crippen LogP contribution in [0.5, 0.6) is 11.5 Å². The lowest BCUT2D eigenvalue weighted by atomic mass is 9.71. The van der Waals surface area contributed by atoms with Gasteiger partial charge in [-0.1, -0.05) is 147 Å². The minimum absolute atomic E-state index is 0.0525. The number of benzene rings is 10. The third-order valence-electron chi connectivity index (χ3n) is 19.3. The molecule has 0 atom stereocenters. The Bertz CT molecular complexity index is 4250. The van der Waals surface area contributed by atoms with Gasteiger partial charge in [0.25, 0.3) is 0 Å². The van der Waals surface area contributed by atoms with Crippen molar-refractivity contribution < 1.29 is 39.5 Å². The van der Waals surface area contributed by atoms with Gasteiger partial charge in [0.1, 0.15) is 11.5 Å². The second-order valence-electron chi connectivity index (χ2n) is 26.8. The van der Waals surface area contributed by atoms with Crippen molar-refractivity contribution in [3.63, 3.8) is 0 Å². The van der Waals surface area contributed by atoms with E-state index in [4.69, 9.17) is 4.74 Å². The second-order valence-corrected chi connectivity index (χ2v) is 28.7. The quantitative estimate of drug-likeness (QED) is 0.135. The lowest BCUT2D eigenvalue weighted by molar-refractivity contribution is -0.288. The van der Waals surface area contributed by atoms with E-state index < -0.39 is 38.7 Å². The van der Waals surface area contributed by atoms with E-state index in [0.717, 1.165) is 58.0 Å². The summed E-state index contributed by atoms with van der Waals surface area (Å²) in [6.07, 6.45) is -11.1. The van der Waals surface area contributed by atoms with E-state index in [1.807, 2.05) is 52.0 Å². The van der Waals surface area contributed by atoms with Gasteiger partial charge in [-0.2, -0.15) is 26.3 Å². The van der Waals surface area contributed by atoms with E-state index in [1.165, 1.54) is 115 Å². The highest BCUT2D eigenvalue weighted by molar-refractivity contribution is 7.91. The Balaban J connectivity index is 0.000000191. The van der Waals surface area contributed by atoms with Gasteiger partial charge in [-0.05, 0) is 332 Å². The standard InChI is InChI=1S/C19H18F6.C19H24.C16H18O2S.C16H18O.C16H18/c1-11-5-7-15(9-13(11)3)17(18(20,21)22,19(23,24)25)16-8-6-12(2)14(4)10-16;1-13-7-9-17(11-15(13)3)19(5,6)18-10-8-14(2)16(4)12-18;1-11-5-7-15(9-13(11)3)19(17,18)16-8-6-12(2)14(4)10-16;1-11-5-7-15(9-13(11)3)17-16-8-6-12(2)14(4)10-16;1-11-5-7-15(9-13(11)3)16-8-6-12(2)14(4)10-16/h5-10H,1-4H3;7-12H,1-6H3;5-10H,1-4H3;5-10H,1-4H3;5-10H,1-4H3. The van der Waals surface area contributed by atoms with E-state index in [2.05, 4.69) is 194 Å². The zero-order valence-electron chi connectivity index (χ0n) is 60.2. The van der Waals surface area contributed by atoms with Crippen molar-refractivity contribution in [2.75, 3.05) is 0 Å². The molecular weight excluding hydrogens is 1230 g/mol. The average molecular weight is 1320 g/mol. The average Bonchev–Trinajstić information content (AvgIpc) is 0.715. The fraction of sp³-hybridized carbons (Fsp3) is 0.302. The van der Waals surface area contributed by atoms with Crippen LogP contribution in [0.15, 0.2) is 192 Å². The summed E-state index contributed by atoms with van der Waals surface area (Å²) in [4.78, 5) is 0.720. The van der Waals surface area contributed by atoms with Crippen molar-refractivity contribution in [3.8, 4) is 22.6 Å². The minimum Gasteiger partial charge on any atom is -0.457 e. The molecule has 0 aromatic heterocycles. The Labute approximate surface area is 569 Å². The van der Waals surface area contributed by atoms with Crippen molar-refractivity contribution in [1.82, 2.24) is 0 Å². The fourth-order valence-electron chi connectivity index (χ4n) is 10.8. The fourth-order valence-corrected chi connectivity index (χ4v) is 12.2. The first kappa shape index (κ1) is 76.5. The van der Waals surface area contributed by atoms with Crippen LogP contribution in [0.25, 0.3) is 11.1 Å². The minimum atomic E-state index is -5.55. The summed E-state index contributed by atoms with van der Waals surface area (Å²) in [5, 5.41) is 0. The van der Waals surface area contributed by atoms with Gasteiger partial charge in [-0.15, -0.1) is 0 Å². The highest BCUT2D eigenvalue weighted by Gasteiger charge is 2.72. The molecule has 0 unspecified atom stereocenters. The Morgan fingerprint density at radius 3 is 0.719 bits per heavy atom. The first-order valence-corrected chi connectivity index (χ1v) is 33.9. The van der Waals surface area contributed by atoms with Crippen molar-refractivity contribution in [1.29, 1.82) is 0 Å². The van der Waals surface area contributed by atoms with Crippen molar-refractivity contribution in [2.24, 2.45) is 0 Å². The normalized spacial score (nSPS) is 11.6. The van der Waals surface area contributed by atoms with Gasteiger partial charge in [-0.25, -0.2) is 8.42 Å². The number of sulfone groups is 1. The summed E-state index contributed by atoms with van der Waals surface area (Å²) in [6, 6.07) is 56.2. The van der Waals surface area contributed by atoms with Crippen LogP contribution in [0.3, 0.4) is 0 Å². The van der Waals surface area contributed by atoms with Gasteiger partial charge >= 0.3 is 12.4 Å². The summed E-state index contributed by atoms with van der Waals surface area (Å²) >= 11 is 0. The predicted octanol–water partition coefficient (Wildman–Crippen LogP) is 24.6. The van der Waals surface area contributed by atoms with Crippen LogP contribution < -0.4 is 4.74 Å². The molecule has 0 fully saturated rings. The van der Waals surface area contributed by atoms with Gasteiger partial charge in [-0.3, -0.25) is 0 Å². The molecule has 3 nitrogen and oxygen atoms in total. The third kappa shape index (κ3) is 18.1. The molecule has 10 rings (SSSR count). The summed E-state index contributed by atoms with van der Waals surface area (Å²) in [6.45, 7) is 44.4. The van der Waals surface area contributed by atoms with Crippen molar-refractivity contribution in [2.45, 2.75) is 185 Å². The van der Waals surface area contributed by atoms with Crippen LogP contribution in [0.4, 0.5) is 26.3 Å². The van der Waals surface area contributed by atoms with Crippen LogP contribution >= 0.6 is 0 Å². The monoisotopic (exact) mass is 1320 g/mol. The Morgan fingerprint density at radius 2 is 0.469 bits per heavy atom. The van der Waals surface area contributed by atoms with Gasteiger partial charge in [0.05, 0.1) is 9.79 Å². The number of ether oxygens (including phenoxy) is 1. The molecular formula is C86H96F6O3S. The van der Waals surface area contributed by atoms with Crippen molar-refractivity contribution in [3.05, 3.63) is 316 Å². The Hall–Kier alpha value is -8.47. The van der Waals surface area contributed by atoms with E-state index >= 15 is 0 Å². The highest BCUT2D eigenvalue weighted by atomic mass is 32.2. The smallest absolute Gasteiger partial charge is 0.411 e. The first-order chi connectivity index (χ1) is 44.6. The van der Waals surface area contributed by atoms with Gasteiger partial charge in [0.15, 0.2) is 0 Å². The lowest BCUT2D eigenvalue weighted by Gasteiger charge is -2.38. The van der Waals surface area contributed by atoms with Gasteiger partial charge < -0.3 is 4.74 Å². The molecule has 0 bridgehead atoms. The number of rotatable bonds is 9. The lowest BCUT2D eigenvalue weighted by Crippen LogP contribution is -2.54. The number of aryl methyl sites for hydroxylation is 20. The summed E-state index contributed by atoms with van der Waals surface area (Å²) in [5.74, 6) is 1.80. The maximum Gasteiger partial charge on any atom is 0.411 e. The molecule has 0 aliphatic heterocycles. The third-order valence-corrected chi connectivity index (χ3v) is 21.1. The summed E-state index contributed by atoms with van der Waals surface area (Å²) in [7, 11) is -3.42. The molecule has 0 heterocycles. The molecule has 0 saturated heterocycles. The number of hydrogen-bond acceptors (Lipinski definition) is 3. The topological polar surface area (TPSA) is 43.4 Å². The molecule has 0 aliphatic rings. The number of alkyl halides is 6. The molecule has 0 saturated carbocycles. The first-order valence-electron chi connectivity index (χ1n) is 32.4. The number of halogens is 6. The largest absolute Gasteiger partial charge is 0.457 e. The highest BCUT2D eigenvalue weighted by Crippen LogP contribution is 2.56. The predicted molar refractivity (Wildman–Crippen MR) is 389 cm³/mol. The maximum atomic E-state index is 14.0. The van der Waals surface area contributed by atoms with Crippen molar-refractivity contribution >= 4 is 9.84 Å². The summed E-state index contributed by atoms with van der Waals surface area (Å²) in [5.41, 5.74) is 21.9. The van der Waals surface area contributed by atoms with E-state index in [0.29, 0.717) is 32.0 Å². The van der Waals surface area contributed by atoms with Gasteiger partial charge in [0.2, 0.25) is 15.3 Å². The molecule has 0 amide bonds. The molecule has 10 aromatic rings. The Kier molecular flexibility index (Phi) is 24.8. The maximum absolute atomic E-state index is 14.0. The van der Waals surface area contributed by atoms with Crippen LogP contribution in [-0.4, -0.2) is 20.8 Å². The molecule has 0 aliphatic carbocycles. The second kappa shape index (κ2) is 31.2. The molecule has 96 heavy (non-hydrogen) atoms. The van der Waals surface area contributed by atoms with E-state index in [-0.39, 0.29) is 5.41 Å². The van der Waals surface area contributed by atoms with Crippen LogP contribution in [0, 0.1) is 138 Å². The van der Waals surface area contributed by atoms with Gasteiger partial charge in [0, 0.05) is 5.41 Å². The molecule has 0 spiro atoms. The molecule has 10 aromatic carbocycles.